The summed E-state index contributed by atoms with van der Waals surface area (Å²) in [6.07, 6.45) is 3.10. The molecule has 0 spiro atoms. The standard InChI is InChI=1S/C11H10O4/c1-15-10(13)6-5-8-3-2-4-9(7-12)11(8)14/h2-7,14H,1H3. The molecule has 0 aliphatic carbocycles. The number of benzene rings is 1. The van der Waals surface area contributed by atoms with Gasteiger partial charge < -0.3 is 9.84 Å². The number of carbonyl (C=O) groups excluding carboxylic acids is 2. The molecule has 1 rings (SSSR count). The Morgan fingerprint density at radius 3 is 2.67 bits per heavy atom. The summed E-state index contributed by atoms with van der Waals surface area (Å²) in [5.41, 5.74) is 0.576. The number of phenolic OH excluding ortho intramolecular Hbond substituents is 1. The van der Waals surface area contributed by atoms with Crippen molar-refractivity contribution in [3.63, 3.8) is 0 Å². The Hall–Kier alpha value is -2.10. The predicted molar refractivity (Wildman–Crippen MR) is 54.5 cm³/mol. The van der Waals surface area contributed by atoms with Crippen molar-refractivity contribution in [3.05, 3.63) is 35.4 Å². The first kappa shape index (κ1) is 11.0. The van der Waals surface area contributed by atoms with Gasteiger partial charge in [-0.05, 0) is 12.1 Å². The van der Waals surface area contributed by atoms with E-state index in [2.05, 4.69) is 4.74 Å². The first-order chi connectivity index (χ1) is 7.19. The molecule has 0 aliphatic rings. The molecule has 15 heavy (non-hydrogen) atoms. The zero-order valence-electron chi connectivity index (χ0n) is 8.14. The van der Waals surface area contributed by atoms with Gasteiger partial charge in [0.2, 0.25) is 0 Å². The van der Waals surface area contributed by atoms with Crippen LogP contribution in [0.1, 0.15) is 15.9 Å². The summed E-state index contributed by atoms with van der Waals surface area (Å²) in [7, 11) is 1.26. The molecule has 0 radical (unpaired) electrons. The van der Waals surface area contributed by atoms with Gasteiger partial charge in [-0.15, -0.1) is 0 Å². The Labute approximate surface area is 86.8 Å². The maximum atomic E-state index is 10.8. The quantitative estimate of drug-likeness (QED) is 0.461. The van der Waals surface area contributed by atoms with E-state index < -0.39 is 5.97 Å². The minimum Gasteiger partial charge on any atom is -0.507 e. The predicted octanol–water partition coefficient (Wildman–Crippen LogP) is 1.39. The topological polar surface area (TPSA) is 63.6 Å². The second-order valence-corrected chi connectivity index (χ2v) is 2.76. The summed E-state index contributed by atoms with van der Waals surface area (Å²) in [4.78, 5) is 21.3. The summed E-state index contributed by atoms with van der Waals surface area (Å²) in [5.74, 6) is -0.668. The highest BCUT2D eigenvalue weighted by Crippen LogP contribution is 2.21. The molecule has 0 amide bonds. The molecular formula is C11H10O4. The second kappa shape index (κ2) is 4.95. The third-order valence-corrected chi connectivity index (χ3v) is 1.83. The fourth-order valence-corrected chi connectivity index (χ4v) is 1.04. The summed E-state index contributed by atoms with van der Waals surface area (Å²) in [6, 6.07) is 4.68. The number of hydrogen-bond donors (Lipinski definition) is 1. The maximum Gasteiger partial charge on any atom is 0.330 e. The van der Waals surface area contributed by atoms with E-state index in [1.54, 1.807) is 12.1 Å². The third kappa shape index (κ3) is 2.67. The van der Waals surface area contributed by atoms with Gasteiger partial charge in [0.1, 0.15) is 5.75 Å². The Balaban J connectivity index is 3.00. The van der Waals surface area contributed by atoms with Crippen molar-refractivity contribution in [2.24, 2.45) is 0 Å². The Bertz CT molecular complexity index is 407. The van der Waals surface area contributed by atoms with E-state index in [4.69, 9.17) is 0 Å². The van der Waals surface area contributed by atoms with Crippen LogP contribution in [0.5, 0.6) is 5.75 Å². The Morgan fingerprint density at radius 1 is 1.40 bits per heavy atom. The number of carbonyl (C=O) groups is 2. The van der Waals surface area contributed by atoms with Crippen molar-refractivity contribution in [1.82, 2.24) is 0 Å². The van der Waals surface area contributed by atoms with Gasteiger partial charge in [0.05, 0.1) is 12.7 Å². The molecule has 0 saturated carbocycles. The molecule has 0 aliphatic heterocycles. The average Bonchev–Trinajstić information content (AvgIpc) is 2.27. The van der Waals surface area contributed by atoms with Crippen LogP contribution in [0.2, 0.25) is 0 Å². The first-order valence-electron chi connectivity index (χ1n) is 4.22. The molecule has 78 valence electrons. The van der Waals surface area contributed by atoms with E-state index in [0.717, 1.165) is 0 Å². The van der Waals surface area contributed by atoms with Crippen LogP contribution in [0.3, 0.4) is 0 Å². The lowest BCUT2D eigenvalue weighted by Gasteiger charge is -2.00. The van der Waals surface area contributed by atoms with Crippen molar-refractivity contribution >= 4 is 18.3 Å². The number of ether oxygens (including phenoxy) is 1. The van der Waals surface area contributed by atoms with Crippen LogP contribution in [0.25, 0.3) is 6.08 Å². The molecule has 1 aromatic rings. The van der Waals surface area contributed by atoms with Crippen molar-refractivity contribution in [2.45, 2.75) is 0 Å². The maximum absolute atomic E-state index is 10.8. The minimum atomic E-state index is -0.522. The van der Waals surface area contributed by atoms with Gasteiger partial charge in [0.15, 0.2) is 6.29 Å². The van der Waals surface area contributed by atoms with Crippen LogP contribution < -0.4 is 0 Å². The number of para-hydroxylation sites is 1. The third-order valence-electron chi connectivity index (χ3n) is 1.83. The molecule has 0 heterocycles. The number of methoxy groups -OCH3 is 1. The van der Waals surface area contributed by atoms with Crippen LogP contribution in [-0.4, -0.2) is 24.5 Å². The van der Waals surface area contributed by atoms with Gasteiger partial charge in [-0.2, -0.15) is 0 Å². The summed E-state index contributed by atoms with van der Waals surface area (Å²) < 4.78 is 4.39. The van der Waals surface area contributed by atoms with Gasteiger partial charge in [0.25, 0.3) is 0 Å². The molecule has 0 saturated heterocycles. The largest absolute Gasteiger partial charge is 0.507 e. The number of rotatable bonds is 3. The van der Waals surface area contributed by atoms with Gasteiger partial charge in [-0.3, -0.25) is 4.79 Å². The molecule has 4 nitrogen and oxygen atoms in total. The molecule has 4 heteroatoms. The van der Waals surface area contributed by atoms with Crippen LogP contribution in [-0.2, 0) is 9.53 Å². The van der Waals surface area contributed by atoms with E-state index >= 15 is 0 Å². The highest BCUT2D eigenvalue weighted by atomic mass is 16.5. The Morgan fingerprint density at radius 2 is 2.07 bits per heavy atom. The van der Waals surface area contributed by atoms with Crippen molar-refractivity contribution < 1.29 is 19.4 Å². The molecule has 1 aromatic carbocycles. The van der Waals surface area contributed by atoms with Crippen molar-refractivity contribution in [3.8, 4) is 5.75 Å². The van der Waals surface area contributed by atoms with Gasteiger partial charge >= 0.3 is 5.97 Å². The van der Waals surface area contributed by atoms with Crippen LogP contribution >= 0.6 is 0 Å². The number of aldehydes is 1. The van der Waals surface area contributed by atoms with Crippen molar-refractivity contribution in [2.75, 3.05) is 7.11 Å². The lowest BCUT2D eigenvalue weighted by molar-refractivity contribution is -0.134. The number of aromatic hydroxyl groups is 1. The molecular weight excluding hydrogens is 196 g/mol. The fraction of sp³-hybridized carbons (Fsp3) is 0.0909. The van der Waals surface area contributed by atoms with E-state index in [1.165, 1.54) is 25.3 Å². The monoisotopic (exact) mass is 206 g/mol. The summed E-state index contributed by atoms with van der Waals surface area (Å²) >= 11 is 0. The average molecular weight is 206 g/mol. The smallest absolute Gasteiger partial charge is 0.330 e. The van der Waals surface area contributed by atoms with E-state index in [1.807, 2.05) is 0 Å². The van der Waals surface area contributed by atoms with Crippen LogP contribution in [0.4, 0.5) is 0 Å². The van der Waals surface area contributed by atoms with E-state index in [0.29, 0.717) is 11.8 Å². The lowest BCUT2D eigenvalue weighted by Crippen LogP contribution is -1.93. The minimum absolute atomic E-state index is 0.146. The Kier molecular flexibility index (Phi) is 3.62. The molecule has 1 N–H and O–H groups in total. The number of esters is 1. The van der Waals surface area contributed by atoms with Gasteiger partial charge in [0, 0.05) is 11.6 Å². The molecule has 0 fully saturated rings. The highest BCUT2D eigenvalue weighted by molar-refractivity contribution is 5.89. The van der Waals surface area contributed by atoms with Gasteiger partial charge in [-0.25, -0.2) is 4.79 Å². The molecule has 0 unspecified atom stereocenters. The highest BCUT2D eigenvalue weighted by Gasteiger charge is 2.03. The van der Waals surface area contributed by atoms with E-state index in [-0.39, 0.29) is 11.3 Å². The van der Waals surface area contributed by atoms with Crippen LogP contribution in [0, 0.1) is 0 Å². The zero-order valence-corrected chi connectivity index (χ0v) is 8.14. The lowest BCUT2D eigenvalue weighted by atomic mass is 10.1. The van der Waals surface area contributed by atoms with E-state index in [9.17, 15) is 14.7 Å². The molecule has 0 bridgehead atoms. The fourth-order valence-electron chi connectivity index (χ4n) is 1.04. The van der Waals surface area contributed by atoms with Crippen molar-refractivity contribution in [1.29, 1.82) is 0 Å². The van der Waals surface area contributed by atoms with Crippen LogP contribution in [0.15, 0.2) is 24.3 Å². The zero-order chi connectivity index (χ0) is 11.3. The second-order valence-electron chi connectivity index (χ2n) is 2.76. The molecule has 0 atom stereocenters. The normalized spacial score (nSPS) is 10.2. The number of phenols is 1. The summed E-state index contributed by atoms with van der Waals surface area (Å²) in [6.45, 7) is 0. The van der Waals surface area contributed by atoms with Gasteiger partial charge in [-0.1, -0.05) is 12.1 Å². The first-order valence-corrected chi connectivity index (χ1v) is 4.22. The number of hydrogen-bond acceptors (Lipinski definition) is 4. The SMILES string of the molecule is COC(=O)C=Cc1cccc(C=O)c1O. The molecule has 0 aromatic heterocycles. The summed E-state index contributed by atoms with van der Waals surface area (Å²) in [5, 5.41) is 9.54.